The topological polar surface area (TPSA) is 64.3 Å². The second-order valence-corrected chi connectivity index (χ2v) is 6.00. The number of rotatable bonds is 7. The van der Waals surface area contributed by atoms with E-state index >= 15 is 0 Å². The van der Waals surface area contributed by atoms with Crippen molar-refractivity contribution in [3.63, 3.8) is 0 Å². The minimum atomic E-state index is -0.251. The van der Waals surface area contributed by atoms with Crippen molar-refractivity contribution in [3.8, 4) is 5.75 Å². The predicted octanol–water partition coefficient (Wildman–Crippen LogP) is 3.27. The highest BCUT2D eigenvalue weighted by Crippen LogP contribution is 2.24. The van der Waals surface area contributed by atoms with Gasteiger partial charge in [-0.05, 0) is 37.1 Å². The van der Waals surface area contributed by atoms with Gasteiger partial charge in [0.1, 0.15) is 5.75 Å². The van der Waals surface area contributed by atoms with Crippen LogP contribution in [0.5, 0.6) is 5.75 Å². The Labute approximate surface area is 144 Å². The largest absolute Gasteiger partial charge is 0.494 e. The summed E-state index contributed by atoms with van der Waals surface area (Å²) in [7, 11) is 0. The molecule has 4 nitrogen and oxygen atoms in total. The molecule has 4 heteroatoms. The van der Waals surface area contributed by atoms with Gasteiger partial charge in [-0.3, -0.25) is 4.79 Å². The Bertz CT molecular complexity index is 638. The lowest BCUT2D eigenvalue weighted by molar-refractivity contribution is -0.125. The van der Waals surface area contributed by atoms with Gasteiger partial charge in [0.25, 0.3) is 0 Å². The van der Waals surface area contributed by atoms with E-state index in [-0.39, 0.29) is 23.9 Å². The number of carbonyl (C=O) groups excluding carboxylic acids is 1. The van der Waals surface area contributed by atoms with Crippen LogP contribution in [0.2, 0.25) is 0 Å². The maximum Gasteiger partial charge on any atom is 0.225 e. The van der Waals surface area contributed by atoms with Crippen molar-refractivity contribution < 1.29 is 9.53 Å². The molecule has 128 valence electrons. The van der Waals surface area contributed by atoms with E-state index in [4.69, 9.17) is 10.5 Å². The van der Waals surface area contributed by atoms with Crippen molar-refractivity contribution in [2.24, 2.45) is 11.7 Å². The molecule has 0 aliphatic rings. The summed E-state index contributed by atoms with van der Waals surface area (Å²) in [4.78, 5) is 12.5. The molecule has 0 saturated heterocycles. The molecule has 0 spiro atoms. The molecule has 3 atom stereocenters. The highest BCUT2D eigenvalue weighted by Gasteiger charge is 2.22. The summed E-state index contributed by atoms with van der Waals surface area (Å²) in [5, 5.41) is 3.12. The fourth-order valence-corrected chi connectivity index (χ4v) is 2.44. The van der Waals surface area contributed by atoms with Crippen LogP contribution in [0.4, 0.5) is 0 Å². The zero-order valence-corrected chi connectivity index (χ0v) is 14.5. The molecule has 0 saturated carbocycles. The summed E-state index contributed by atoms with van der Waals surface area (Å²) in [6.07, 6.45) is 0. The van der Waals surface area contributed by atoms with Crippen LogP contribution in [0, 0.1) is 5.92 Å². The molecule has 0 radical (unpaired) electrons. The highest BCUT2D eigenvalue weighted by atomic mass is 16.5. The predicted molar refractivity (Wildman–Crippen MR) is 96.9 cm³/mol. The van der Waals surface area contributed by atoms with Crippen LogP contribution in [0.15, 0.2) is 54.6 Å². The summed E-state index contributed by atoms with van der Waals surface area (Å²) in [6.45, 7) is 6.28. The van der Waals surface area contributed by atoms with Gasteiger partial charge >= 0.3 is 0 Å². The molecule has 3 N–H and O–H groups in total. The first-order valence-corrected chi connectivity index (χ1v) is 8.36. The zero-order chi connectivity index (χ0) is 17.5. The van der Waals surface area contributed by atoms with Gasteiger partial charge in [0.2, 0.25) is 5.91 Å². The van der Waals surface area contributed by atoms with E-state index in [2.05, 4.69) is 5.32 Å². The Hall–Kier alpha value is -2.33. The van der Waals surface area contributed by atoms with E-state index in [1.165, 1.54) is 0 Å². The van der Waals surface area contributed by atoms with Crippen molar-refractivity contribution in [1.82, 2.24) is 5.32 Å². The van der Waals surface area contributed by atoms with E-state index in [9.17, 15) is 4.79 Å². The molecule has 0 aliphatic heterocycles. The molecule has 2 rings (SSSR count). The first-order valence-electron chi connectivity index (χ1n) is 8.36. The van der Waals surface area contributed by atoms with Gasteiger partial charge in [0.05, 0.1) is 12.6 Å². The Kier molecular flexibility index (Phi) is 6.38. The van der Waals surface area contributed by atoms with Crippen molar-refractivity contribution >= 4 is 5.91 Å². The van der Waals surface area contributed by atoms with E-state index in [0.717, 1.165) is 16.9 Å². The molecule has 0 aliphatic carbocycles. The molecule has 2 aromatic rings. The minimum Gasteiger partial charge on any atom is -0.494 e. The monoisotopic (exact) mass is 326 g/mol. The number of hydrogen-bond donors (Lipinski definition) is 2. The number of ether oxygens (including phenoxy) is 1. The number of nitrogens with two attached hydrogens (primary N) is 1. The van der Waals surface area contributed by atoms with Gasteiger partial charge in [0.15, 0.2) is 0 Å². The summed E-state index contributed by atoms with van der Waals surface area (Å²) in [5.74, 6) is 0.523. The van der Waals surface area contributed by atoms with Gasteiger partial charge in [-0.2, -0.15) is 0 Å². The molecular weight excluding hydrogens is 300 g/mol. The maximum absolute atomic E-state index is 12.5. The fraction of sp³-hybridized carbons (Fsp3) is 0.350. The van der Waals surface area contributed by atoms with Crippen LogP contribution in [-0.4, -0.2) is 18.6 Å². The molecule has 1 amide bonds. The average molecular weight is 326 g/mol. The molecular formula is C20H26N2O2. The first-order chi connectivity index (χ1) is 11.5. The van der Waals surface area contributed by atoms with Crippen LogP contribution in [0.25, 0.3) is 0 Å². The van der Waals surface area contributed by atoms with Crippen LogP contribution in [0.3, 0.4) is 0 Å². The van der Waals surface area contributed by atoms with Gasteiger partial charge in [-0.1, -0.05) is 49.4 Å². The normalized spacial score (nSPS) is 14.5. The van der Waals surface area contributed by atoms with Crippen molar-refractivity contribution in [2.45, 2.75) is 32.9 Å². The number of carbonyl (C=O) groups is 1. The average Bonchev–Trinajstić information content (AvgIpc) is 2.60. The number of benzene rings is 2. The standard InChI is InChI=1S/C20H26N2O2/c1-4-24-18-12-10-17(11-13-18)19(16-8-6-5-7-9-16)22-20(23)14(2)15(3)21/h5-15,19H,4,21H2,1-3H3,(H,22,23). The van der Waals surface area contributed by atoms with E-state index < -0.39 is 0 Å². The molecule has 0 bridgehead atoms. The summed E-state index contributed by atoms with van der Waals surface area (Å²) in [5.41, 5.74) is 7.91. The quantitative estimate of drug-likeness (QED) is 0.821. The third-order valence-corrected chi connectivity index (χ3v) is 4.15. The van der Waals surface area contributed by atoms with Crippen LogP contribution in [-0.2, 0) is 4.79 Å². The van der Waals surface area contributed by atoms with E-state index in [1.807, 2.05) is 75.4 Å². The summed E-state index contributed by atoms with van der Waals surface area (Å²) >= 11 is 0. The number of hydrogen-bond acceptors (Lipinski definition) is 3. The SMILES string of the molecule is CCOc1ccc(C(NC(=O)C(C)C(C)N)c2ccccc2)cc1. The number of amides is 1. The van der Waals surface area contributed by atoms with Crippen molar-refractivity contribution in [1.29, 1.82) is 0 Å². The van der Waals surface area contributed by atoms with Crippen LogP contribution in [0.1, 0.15) is 37.9 Å². The van der Waals surface area contributed by atoms with Crippen LogP contribution >= 0.6 is 0 Å². The highest BCUT2D eigenvalue weighted by molar-refractivity contribution is 5.80. The molecule has 0 aromatic heterocycles. The zero-order valence-electron chi connectivity index (χ0n) is 14.5. The third kappa shape index (κ3) is 4.59. The first kappa shape index (κ1) is 18.0. The molecule has 0 fully saturated rings. The Balaban J connectivity index is 2.28. The lowest BCUT2D eigenvalue weighted by Crippen LogP contribution is -2.40. The van der Waals surface area contributed by atoms with Gasteiger partial charge in [0, 0.05) is 12.0 Å². The van der Waals surface area contributed by atoms with Gasteiger partial charge in [-0.15, -0.1) is 0 Å². The fourth-order valence-electron chi connectivity index (χ4n) is 2.44. The molecule has 2 aromatic carbocycles. The minimum absolute atomic E-state index is 0.0484. The Morgan fingerprint density at radius 1 is 1.04 bits per heavy atom. The second kappa shape index (κ2) is 8.50. The van der Waals surface area contributed by atoms with E-state index in [0.29, 0.717) is 6.61 Å². The van der Waals surface area contributed by atoms with Crippen molar-refractivity contribution in [3.05, 3.63) is 65.7 Å². The maximum atomic E-state index is 12.5. The molecule has 0 heterocycles. The number of nitrogens with one attached hydrogen (secondary N) is 1. The molecule has 3 unspecified atom stereocenters. The summed E-state index contributed by atoms with van der Waals surface area (Å²) in [6, 6.07) is 17.3. The van der Waals surface area contributed by atoms with Crippen LogP contribution < -0.4 is 15.8 Å². The Morgan fingerprint density at radius 3 is 2.17 bits per heavy atom. The van der Waals surface area contributed by atoms with Gasteiger partial charge in [-0.25, -0.2) is 0 Å². The van der Waals surface area contributed by atoms with E-state index in [1.54, 1.807) is 0 Å². The van der Waals surface area contributed by atoms with Crippen molar-refractivity contribution in [2.75, 3.05) is 6.61 Å². The summed E-state index contributed by atoms with van der Waals surface area (Å²) < 4.78 is 5.49. The Morgan fingerprint density at radius 2 is 1.62 bits per heavy atom. The lowest BCUT2D eigenvalue weighted by atomic mass is 9.96. The second-order valence-electron chi connectivity index (χ2n) is 6.00. The third-order valence-electron chi connectivity index (χ3n) is 4.15. The smallest absolute Gasteiger partial charge is 0.225 e. The molecule has 24 heavy (non-hydrogen) atoms. The van der Waals surface area contributed by atoms with Gasteiger partial charge < -0.3 is 15.8 Å². The lowest BCUT2D eigenvalue weighted by Gasteiger charge is -2.23.